The third kappa shape index (κ3) is 8.71. The number of ether oxygens (including phenoxy) is 2. The zero-order chi connectivity index (χ0) is 36.6. The molecule has 3 heterocycles. The molecule has 2 aromatic heterocycles. The molecule has 1 saturated carbocycles. The quantitative estimate of drug-likeness (QED) is 0.193. The molecule has 0 radical (unpaired) electrons. The summed E-state index contributed by atoms with van der Waals surface area (Å²) in [6.45, 7) is 17.8. The standard InChI is InChI=1S/C45H58N2O2S2/c1-43(2,3)33-25-31-29-50(9)39-21-13-11-12-14-22-40(39)51(10)30-32-26-34(44(4,5)6)28-36(38-20-16-18-24-47-38)42(32)49-45(7,8)48-41(31)35(27-33)37-19-15-17-23-46-37/h15-20,23-28,39-40H,9-14,21-22,29-30H2,1-8H3. The van der Waals surface area contributed by atoms with Crippen molar-refractivity contribution in [3.63, 3.8) is 0 Å². The molecule has 0 saturated heterocycles. The second kappa shape index (κ2) is 15.0. The number of aromatic nitrogens is 2. The van der Waals surface area contributed by atoms with Crippen LogP contribution in [-0.2, 0) is 22.3 Å². The first-order valence-corrected chi connectivity index (χ1v) is 21.9. The molecule has 6 heteroatoms. The Morgan fingerprint density at radius 3 is 1.39 bits per heavy atom. The minimum absolute atomic E-state index is 0.0601. The zero-order valence-corrected chi connectivity index (χ0v) is 33.8. The summed E-state index contributed by atoms with van der Waals surface area (Å²) in [5.41, 5.74) is 8.61. The van der Waals surface area contributed by atoms with Gasteiger partial charge < -0.3 is 9.47 Å². The molecule has 4 unspecified atom stereocenters. The summed E-state index contributed by atoms with van der Waals surface area (Å²) >= 11 is 0. The van der Waals surface area contributed by atoms with Crippen molar-refractivity contribution >= 4 is 32.7 Å². The molecule has 2 aromatic carbocycles. The van der Waals surface area contributed by atoms with Gasteiger partial charge in [-0.25, -0.2) is 0 Å². The summed E-state index contributed by atoms with van der Waals surface area (Å²) in [5.74, 6) is 12.4. The second-order valence-corrected chi connectivity index (χ2v) is 20.9. The Morgan fingerprint density at radius 2 is 1.04 bits per heavy atom. The zero-order valence-electron chi connectivity index (χ0n) is 32.2. The number of hydrogen-bond acceptors (Lipinski definition) is 4. The molecule has 1 aliphatic carbocycles. The maximum atomic E-state index is 7.23. The SMILES string of the molecule is C=S1Cc2cc(C(C)(C)C)cc(-c3ccccn3)c2OC(C)(C)Oc2c(cc(C(C)(C)C)cc2-c2ccccn2)CS(=C)C2CCCCCCC21. The summed E-state index contributed by atoms with van der Waals surface area (Å²) in [6.07, 6.45) is 11.3. The van der Waals surface area contributed by atoms with Crippen molar-refractivity contribution in [2.24, 2.45) is 0 Å². The van der Waals surface area contributed by atoms with Crippen molar-refractivity contribution in [2.75, 3.05) is 0 Å². The van der Waals surface area contributed by atoms with Crippen LogP contribution < -0.4 is 9.47 Å². The van der Waals surface area contributed by atoms with E-state index < -0.39 is 5.79 Å². The van der Waals surface area contributed by atoms with Gasteiger partial charge in [-0.2, -0.15) is 21.0 Å². The molecular weight excluding hydrogens is 665 g/mol. The summed E-state index contributed by atoms with van der Waals surface area (Å²) < 4.78 is 14.5. The fraction of sp³-hybridized carbons (Fsp3) is 0.467. The summed E-state index contributed by atoms with van der Waals surface area (Å²) in [4.78, 5) is 9.73. The summed E-state index contributed by atoms with van der Waals surface area (Å²) in [7, 11) is -0.286. The van der Waals surface area contributed by atoms with E-state index in [9.17, 15) is 0 Å². The lowest BCUT2D eigenvalue weighted by atomic mass is 9.84. The van der Waals surface area contributed by atoms with Gasteiger partial charge >= 0.3 is 0 Å². The monoisotopic (exact) mass is 722 g/mol. The highest BCUT2D eigenvalue weighted by molar-refractivity contribution is 8.17. The Labute approximate surface area is 312 Å². The van der Waals surface area contributed by atoms with Gasteiger partial charge in [-0.15, -0.1) is 0 Å². The smallest absolute Gasteiger partial charge is 0.245 e. The summed E-state index contributed by atoms with van der Waals surface area (Å²) in [6, 6.07) is 21.6. The van der Waals surface area contributed by atoms with E-state index in [2.05, 4.69) is 90.1 Å². The van der Waals surface area contributed by atoms with E-state index in [-0.39, 0.29) is 31.8 Å². The topological polar surface area (TPSA) is 44.2 Å². The van der Waals surface area contributed by atoms with E-state index in [0.717, 1.165) is 45.5 Å². The van der Waals surface area contributed by atoms with Crippen molar-refractivity contribution in [3.05, 3.63) is 95.3 Å². The first-order chi connectivity index (χ1) is 24.1. The predicted molar refractivity (Wildman–Crippen MR) is 224 cm³/mol. The van der Waals surface area contributed by atoms with Crippen molar-refractivity contribution in [2.45, 2.75) is 133 Å². The van der Waals surface area contributed by atoms with Crippen LogP contribution in [0.5, 0.6) is 11.5 Å². The lowest BCUT2D eigenvalue weighted by molar-refractivity contribution is -0.0811. The minimum Gasteiger partial charge on any atom is -0.452 e. The fourth-order valence-electron chi connectivity index (χ4n) is 7.43. The molecule has 2 aliphatic rings. The minimum atomic E-state index is -1.03. The molecule has 4 aromatic rings. The normalized spacial score (nSPS) is 22.9. The van der Waals surface area contributed by atoms with Crippen LogP contribution in [-0.4, -0.2) is 38.0 Å². The van der Waals surface area contributed by atoms with Crippen molar-refractivity contribution in [1.29, 1.82) is 0 Å². The van der Waals surface area contributed by atoms with E-state index >= 15 is 0 Å². The molecule has 6 rings (SSSR count). The Kier molecular flexibility index (Phi) is 11.1. The molecule has 51 heavy (non-hydrogen) atoms. The Balaban J connectivity index is 1.63. The molecule has 4 nitrogen and oxygen atoms in total. The molecule has 1 fully saturated rings. The third-order valence-corrected chi connectivity index (χ3v) is 14.7. The van der Waals surface area contributed by atoms with Crippen LogP contribution >= 0.6 is 21.0 Å². The van der Waals surface area contributed by atoms with Gasteiger partial charge in [0, 0.05) is 70.5 Å². The number of fused-ring (bicyclic) bond motifs is 3. The van der Waals surface area contributed by atoms with Crippen molar-refractivity contribution in [3.8, 4) is 34.0 Å². The maximum Gasteiger partial charge on any atom is 0.245 e. The van der Waals surface area contributed by atoms with Crippen LogP contribution in [0.1, 0.15) is 116 Å². The Bertz CT molecular complexity index is 1750. The first-order valence-electron chi connectivity index (χ1n) is 18.6. The lowest BCUT2D eigenvalue weighted by Crippen LogP contribution is -2.36. The molecule has 0 N–H and O–H groups in total. The van der Waals surface area contributed by atoms with Crippen LogP contribution in [0, 0.1) is 0 Å². The molecule has 0 spiro atoms. The summed E-state index contributed by atoms with van der Waals surface area (Å²) in [5, 5.41) is 0.990. The average Bonchev–Trinajstić information content (AvgIpc) is 3.05. The van der Waals surface area contributed by atoms with Crippen molar-refractivity contribution in [1.82, 2.24) is 9.97 Å². The molecule has 0 amide bonds. The van der Waals surface area contributed by atoms with E-state index in [4.69, 9.17) is 31.2 Å². The van der Waals surface area contributed by atoms with Gasteiger partial charge in [-0.3, -0.25) is 9.97 Å². The Morgan fingerprint density at radius 1 is 0.627 bits per heavy atom. The van der Waals surface area contributed by atoms with Crippen LogP contribution in [0.25, 0.3) is 22.5 Å². The molecule has 4 atom stereocenters. The van der Waals surface area contributed by atoms with Crippen LogP contribution in [0.2, 0.25) is 0 Å². The van der Waals surface area contributed by atoms with Crippen LogP contribution in [0.15, 0.2) is 73.1 Å². The lowest BCUT2D eigenvalue weighted by Gasteiger charge is -2.34. The first kappa shape index (κ1) is 37.5. The van der Waals surface area contributed by atoms with Gasteiger partial charge in [0.15, 0.2) is 0 Å². The van der Waals surface area contributed by atoms with Crippen LogP contribution in [0.4, 0.5) is 0 Å². The number of pyridine rings is 2. The van der Waals surface area contributed by atoms with E-state index in [0.29, 0.717) is 10.5 Å². The highest BCUT2D eigenvalue weighted by Crippen LogP contribution is 2.49. The Hall–Kier alpha value is -3.22. The van der Waals surface area contributed by atoms with E-state index in [1.54, 1.807) is 0 Å². The van der Waals surface area contributed by atoms with Gasteiger partial charge in [-0.05, 0) is 71.2 Å². The maximum absolute atomic E-state index is 7.23. The largest absolute Gasteiger partial charge is 0.452 e. The van der Waals surface area contributed by atoms with Gasteiger partial charge in [0.2, 0.25) is 5.79 Å². The molecule has 0 bridgehead atoms. The fourth-order valence-corrected chi connectivity index (χ4v) is 12.2. The predicted octanol–water partition coefficient (Wildman–Crippen LogP) is 12.1. The van der Waals surface area contributed by atoms with Gasteiger partial charge in [0.1, 0.15) is 11.5 Å². The highest BCUT2D eigenvalue weighted by Gasteiger charge is 2.34. The van der Waals surface area contributed by atoms with Gasteiger partial charge in [0.05, 0.1) is 11.4 Å². The molecule has 272 valence electrons. The average molecular weight is 723 g/mol. The number of nitrogens with zero attached hydrogens (tertiary/aromatic N) is 2. The third-order valence-electron chi connectivity index (χ3n) is 10.3. The number of benzene rings is 2. The van der Waals surface area contributed by atoms with E-state index in [1.165, 1.54) is 60.8 Å². The molecule has 1 aliphatic heterocycles. The van der Waals surface area contributed by atoms with Crippen LogP contribution in [0.3, 0.4) is 0 Å². The van der Waals surface area contributed by atoms with E-state index in [1.807, 2.05) is 38.4 Å². The van der Waals surface area contributed by atoms with Crippen molar-refractivity contribution < 1.29 is 9.47 Å². The van der Waals surface area contributed by atoms with Gasteiger partial charge in [0.25, 0.3) is 0 Å². The number of rotatable bonds is 2. The number of hydrogen-bond donors (Lipinski definition) is 0. The second-order valence-electron chi connectivity index (χ2n) is 17.0. The highest BCUT2D eigenvalue weighted by atomic mass is 32.2. The van der Waals surface area contributed by atoms with Gasteiger partial charge in [-0.1, -0.05) is 103 Å². The molecular formula is C45H58N2O2S2.